The molecule has 0 aliphatic heterocycles. The van der Waals surface area contributed by atoms with Gasteiger partial charge < -0.3 is 15.1 Å². The molecule has 6 heteroatoms. The van der Waals surface area contributed by atoms with Crippen molar-refractivity contribution in [2.24, 2.45) is 0 Å². The van der Waals surface area contributed by atoms with Crippen molar-refractivity contribution < 1.29 is 14.0 Å². The quantitative estimate of drug-likeness (QED) is 0.737. The van der Waals surface area contributed by atoms with Gasteiger partial charge >= 0.3 is 0 Å². The van der Waals surface area contributed by atoms with Crippen LogP contribution in [0, 0.1) is 0 Å². The number of carbonyl (C=O) groups is 2. The maximum Gasteiger partial charge on any atom is 0.258 e. The Morgan fingerprint density at radius 2 is 1.38 bits per heavy atom. The molecule has 120 valence electrons. The van der Waals surface area contributed by atoms with E-state index in [-0.39, 0.29) is 11.8 Å². The molecule has 1 aromatic heterocycles. The molecule has 0 unspecified atom stereocenters. The third-order valence-corrected chi connectivity index (χ3v) is 3.57. The highest BCUT2D eigenvalue weighted by Crippen LogP contribution is 2.23. The molecule has 2 amide bonds. The van der Waals surface area contributed by atoms with Crippen LogP contribution in [0.3, 0.4) is 0 Å². The van der Waals surface area contributed by atoms with Gasteiger partial charge in [0, 0.05) is 10.6 Å². The maximum atomic E-state index is 12.3. The van der Waals surface area contributed by atoms with E-state index in [1.165, 1.54) is 12.5 Å². The van der Waals surface area contributed by atoms with Gasteiger partial charge in [0.05, 0.1) is 23.2 Å². The number of rotatable bonds is 4. The molecule has 3 rings (SSSR count). The van der Waals surface area contributed by atoms with Gasteiger partial charge in [0.25, 0.3) is 11.8 Å². The summed E-state index contributed by atoms with van der Waals surface area (Å²) < 4.78 is 4.89. The zero-order valence-electron chi connectivity index (χ0n) is 12.5. The number of anilines is 2. The van der Waals surface area contributed by atoms with Crippen LogP contribution >= 0.6 is 11.6 Å². The van der Waals surface area contributed by atoms with E-state index in [1.807, 2.05) is 0 Å². The largest absolute Gasteiger partial charge is 0.472 e. The molecule has 2 aromatic carbocycles. The van der Waals surface area contributed by atoms with E-state index in [4.69, 9.17) is 16.0 Å². The fourth-order valence-corrected chi connectivity index (χ4v) is 2.21. The first-order valence-electron chi connectivity index (χ1n) is 7.13. The maximum absolute atomic E-state index is 12.3. The third-order valence-electron chi connectivity index (χ3n) is 3.31. The minimum Gasteiger partial charge on any atom is -0.472 e. The Bertz CT molecular complexity index is 858. The van der Waals surface area contributed by atoms with E-state index in [2.05, 4.69) is 10.6 Å². The van der Waals surface area contributed by atoms with Crippen LogP contribution < -0.4 is 10.6 Å². The van der Waals surface area contributed by atoms with Crippen molar-refractivity contribution in [1.29, 1.82) is 0 Å². The number of halogens is 1. The molecule has 5 nitrogen and oxygen atoms in total. The van der Waals surface area contributed by atoms with Crippen molar-refractivity contribution in [2.75, 3.05) is 10.6 Å². The van der Waals surface area contributed by atoms with Crippen LogP contribution in [-0.4, -0.2) is 11.8 Å². The number of benzene rings is 2. The van der Waals surface area contributed by atoms with Gasteiger partial charge in [-0.2, -0.15) is 0 Å². The van der Waals surface area contributed by atoms with E-state index in [1.54, 1.807) is 54.6 Å². The summed E-state index contributed by atoms with van der Waals surface area (Å²) in [6.45, 7) is 0. The van der Waals surface area contributed by atoms with Crippen molar-refractivity contribution in [3.8, 4) is 0 Å². The summed E-state index contributed by atoms with van der Waals surface area (Å²) >= 11 is 5.82. The molecule has 0 atom stereocenters. The number of nitrogens with one attached hydrogen (secondary N) is 2. The Hall–Kier alpha value is -3.05. The van der Waals surface area contributed by atoms with E-state index < -0.39 is 0 Å². The predicted molar refractivity (Wildman–Crippen MR) is 92.5 cm³/mol. The van der Waals surface area contributed by atoms with Gasteiger partial charge in [-0.25, -0.2) is 0 Å². The lowest BCUT2D eigenvalue weighted by Gasteiger charge is -2.12. The van der Waals surface area contributed by atoms with Gasteiger partial charge in [0.2, 0.25) is 0 Å². The van der Waals surface area contributed by atoms with E-state index >= 15 is 0 Å². The Kier molecular flexibility index (Phi) is 4.63. The van der Waals surface area contributed by atoms with Gasteiger partial charge in [0.15, 0.2) is 0 Å². The van der Waals surface area contributed by atoms with Crippen LogP contribution in [-0.2, 0) is 0 Å². The van der Waals surface area contributed by atoms with Gasteiger partial charge in [0.1, 0.15) is 6.26 Å². The summed E-state index contributed by atoms with van der Waals surface area (Å²) in [6, 6.07) is 15.0. The summed E-state index contributed by atoms with van der Waals surface area (Å²) in [5.41, 5.74) is 1.85. The summed E-state index contributed by atoms with van der Waals surface area (Å²) in [4.78, 5) is 24.4. The Labute approximate surface area is 143 Å². The topological polar surface area (TPSA) is 71.3 Å². The molecule has 24 heavy (non-hydrogen) atoms. The molecule has 0 spiro atoms. The number of para-hydroxylation sites is 2. The second-order valence-electron chi connectivity index (χ2n) is 4.97. The number of carbonyl (C=O) groups excluding carboxylic acids is 2. The van der Waals surface area contributed by atoms with E-state index in [0.717, 1.165) is 0 Å². The zero-order chi connectivity index (χ0) is 16.9. The van der Waals surface area contributed by atoms with Crippen molar-refractivity contribution in [3.63, 3.8) is 0 Å². The summed E-state index contributed by atoms with van der Waals surface area (Å²) in [5.74, 6) is -0.617. The lowest BCUT2D eigenvalue weighted by atomic mass is 10.2. The van der Waals surface area contributed by atoms with E-state index in [0.29, 0.717) is 27.5 Å². The fraction of sp³-hybridized carbons (Fsp3) is 0. The van der Waals surface area contributed by atoms with Gasteiger partial charge in [-0.05, 0) is 42.5 Å². The molecule has 3 aromatic rings. The number of hydrogen-bond acceptors (Lipinski definition) is 3. The number of hydrogen-bond donors (Lipinski definition) is 2. The van der Waals surface area contributed by atoms with Crippen LogP contribution in [0.5, 0.6) is 0 Å². The average molecular weight is 341 g/mol. The smallest absolute Gasteiger partial charge is 0.258 e. The minimum absolute atomic E-state index is 0.295. The highest BCUT2D eigenvalue weighted by molar-refractivity contribution is 6.30. The molecule has 0 saturated heterocycles. The molecule has 1 heterocycles. The van der Waals surface area contributed by atoms with E-state index in [9.17, 15) is 9.59 Å². The Balaban J connectivity index is 1.77. The number of furan rings is 1. The normalized spacial score (nSPS) is 10.2. The second-order valence-corrected chi connectivity index (χ2v) is 5.41. The van der Waals surface area contributed by atoms with Gasteiger partial charge in [-0.3, -0.25) is 9.59 Å². The van der Waals surface area contributed by atoms with Crippen molar-refractivity contribution in [3.05, 3.63) is 83.3 Å². The highest BCUT2D eigenvalue weighted by Gasteiger charge is 2.12. The van der Waals surface area contributed by atoms with Gasteiger partial charge in [-0.1, -0.05) is 23.7 Å². The van der Waals surface area contributed by atoms with Crippen LogP contribution in [0.2, 0.25) is 5.02 Å². The second kappa shape index (κ2) is 7.02. The van der Waals surface area contributed by atoms with Crippen molar-refractivity contribution >= 4 is 34.8 Å². The summed E-state index contributed by atoms with van der Waals surface area (Å²) in [7, 11) is 0. The van der Waals surface area contributed by atoms with Crippen molar-refractivity contribution in [2.45, 2.75) is 0 Å². The lowest BCUT2D eigenvalue weighted by Crippen LogP contribution is -2.16. The van der Waals surface area contributed by atoms with Crippen LogP contribution in [0.4, 0.5) is 11.4 Å². The molecule has 0 aliphatic rings. The first-order chi connectivity index (χ1) is 11.6. The molecular weight excluding hydrogens is 328 g/mol. The molecule has 0 bridgehead atoms. The molecule has 0 aliphatic carbocycles. The molecule has 2 N–H and O–H groups in total. The Morgan fingerprint density at radius 1 is 0.792 bits per heavy atom. The standard InChI is InChI=1S/C18H13ClN2O3/c19-14-7-5-12(6-8-14)17(22)20-15-3-1-2-4-16(15)21-18(23)13-9-10-24-11-13/h1-11H,(H,20,22)(H,21,23). The average Bonchev–Trinajstić information content (AvgIpc) is 3.12. The van der Waals surface area contributed by atoms with Crippen molar-refractivity contribution in [1.82, 2.24) is 0 Å². The van der Waals surface area contributed by atoms with Gasteiger partial charge in [-0.15, -0.1) is 0 Å². The molecule has 0 saturated carbocycles. The summed E-state index contributed by atoms with van der Waals surface area (Å²) in [6.07, 6.45) is 2.77. The minimum atomic E-state index is -0.322. The van der Waals surface area contributed by atoms with Crippen LogP contribution in [0.15, 0.2) is 71.5 Å². The van der Waals surface area contributed by atoms with Crippen LogP contribution in [0.1, 0.15) is 20.7 Å². The fourth-order valence-electron chi connectivity index (χ4n) is 2.09. The highest BCUT2D eigenvalue weighted by atomic mass is 35.5. The lowest BCUT2D eigenvalue weighted by molar-refractivity contribution is 0.101. The first kappa shape index (κ1) is 15.8. The zero-order valence-corrected chi connectivity index (χ0v) is 13.2. The molecule has 0 radical (unpaired) electrons. The predicted octanol–water partition coefficient (Wildman–Crippen LogP) is 4.44. The first-order valence-corrected chi connectivity index (χ1v) is 7.51. The molecule has 0 fully saturated rings. The SMILES string of the molecule is O=C(Nc1ccccc1NC(=O)c1ccoc1)c1ccc(Cl)cc1. The Morgan fingerprint density at radius 3 is 1.92 bits per heavy atom. The monoisotopic (exact) mass is 340 g/mol. The molecular formula is C18H13ClN2O3. The third kappa shape index (κ3) is 3.64. The number of amides is 2. The summed E-state index contributed by atoms with van der Waals surface area (Å²) in [5, 5.41) is 6.08. The van der Waals surface area contributed by atoms with Crippen LogP contribution in [0.25, 0.3) is 0 Å².